The van der Waals surface area contributed by atoms with Gasteiger partial charge in [0.15, 0.2) is 0 Å². The Kier molecular flexibility index (Phi) is 3.61. The molecule has 1 aromatic heterocycles. The molecular formula is C13H18N2O2S. The van der Waals surface area contributed by atoms with Crippen LogP contribution in [-0.4, -0.2) is 41.6 Å². The third-order valence-electron chi connectivity index (χ3n) is 3.81. The molecule has 2 fully saturated rings. The van der Waals surface area contributed by atoms with Crippen molar-refractivity contribution in [3.05, 3.63) is 16.6 Å². The van der Waals surface area contributed by atoms with Gasteiger partial charge in [0, 0.05) is 37.2 Å². The number of carbonyl (C=O) groups is 1. The highest BCUT2D eigenvalue weighted by Gasteiger charge is 2.31. The summed E-state index contributed by atoms with van der Waals surface area (Å²) in [6, 6.07) is 0. The minimum Gasteiger partial charge on any atom is -0.368 e. The Labute approximate surface area is 111 Å². The van der Waals surface area contributed by atoms with Gasteiger partial charge in [0.2, 0.25) is 0 Å². The maximum absolute atomic E-state index is 12.2. The summed E-state index contributed by atoms with van der Waals surface area (Å²) in [7, 11) is 0. The van der Waals surface area contributed by atoms with E-state index in [1.807, 2.05) is 16.5 Å². The SMILES string of the molecule is O=C(C1CCCO1)N1CCC(c2nccs2)CC1. The standard InChI is InChI=1S/C13H18N2O2S/c16-13(11-2-1-8-17-11)15-6-3-10(4-7-15)12-14-5-9-18-12/h5,9-11H,1-4,6-8H2. The Morgan fingerprint density at radius 1 is 1.39 bits per heavy atom. The molecule has 5 heteroatoms. The van der Waals surface area contributed by atoms with Gasteiger partial charge in [-0.3, -0.25) is 4.79 Å². The number of thiazole rings is 1. The van der Waals surface area contributed by atoms with E-state index in [0.717, 1.165) is 45.4 Å². The van der Waals surface area contributed by atoms with Gasteiger partial charge in [-0.15, -0.1) is 11.3 Å². The average Bonchev–Trinajstić information content (AvgIpc) is 3.11. The third-order valence-corrected chi connectivity index (χ3v) is 4.75. The van der Waals surface area contributed by atoms with Gasteiger partial charge < -0.3 is 9.64 Å². The van der Waals surface area contributed by atoms with Crippen molar-refractivity contribution >= 4 is 17.2 Å². The van der Waals surface area contributed by atoms with E-state index >= 15 is 0 Å². The van der Waals surface area contributed by atoms with E-state index in [1.165, 1.54) is 5.01 Å². The quantitative estimate of drug-likeness (QED) is 0.822. The van der Waals surface area contributed by atoms with E-state index in [1.54, 1.807) is 11.3 Å². The Balaban J connectivity index is 1.55. The van der Waals surface area contributed by atoms with Crippen molar-refractivity contribution < 1.29 is 9.53 Å². The number of amides is 1. The Hall–Kier alpha value is -0.940. The first-order valence-electron chi connectivity index (χ1n) is 6.64. The summed E-state index contributed by atoms with van der Waals surface area (Å²) in [6.45, 7) is 2.44. The lowest BCUT2D eigenvalue weighted by Gasteiger charge is -2.32. The minimum absolute atomic E-state index is 0.165. The maximum Gasteiger partial charge on any atom is 0.251 e. The fourth-order valence-electron chi connectivity index (χ4n) is 2.76. The molecule has 3 rings (SSSR count). The normalized spacial score (nSPS) is 25.6. The predicted octanol–water partition coefficient (Wildman–Crippen LogP) is 2.03. The van der Waals surface area contributed by atoms with Crippen LogP contribution in [0.15, 0.2) is 11.6 Å². The zero-order valence-electron chi connectivity index (χ0n) is 10.4. The molecule has 1 atom stereocenters. The van der Waals surface area contributed by atoms with Crippen molar-refractivity contribution in [3.63, 3.8) is 0 Å². The van der Waals surface area contributed by atoms with Crippen LogP contribution < -0.4 is 0 Å². The number of hydrogen-bond donors (Lipinski definition) is 0. The van der Waals surface area contributed by atoms with Crippen LogP contribution in [0, 0.1) is 0 Å². The minimum atomic E-state index is -0.165. The molecular weight excluding hydrogens is 248 g/mol. The topological polar surface area (TPSA) is 42.4 Å². The summed E-state index contributed by atoms with van der Waals surface area (Å²) in [4.78, 5) is 18.5. The monoisotopic (exact) mass is 266 g/mol. The van der Waals surface area contributed by atoms with Gasteiger partial charge >= 0.3 is 0 Å². The zero-order chi connectivity index (χ0) is 12.4. The highest BCUT2D eigenvalue weighted by atomic mass is 32.1. The molecule has 1 unspecified atom stereocenters. The van der Waals surface area contributed by atoms with Crippen molar-refractivity contribution in [2.75, 3.05) is 19.7 Å². The second-order valence-corrected chi connectivity index (χ2v) is 5.90. The number of ether oxygens (including phenoxy) is 1. The number of hydrogen-bond acceptors (Lipinski definition) is 4. The molecule has 98 valence electrons. The maximum atomic E-state index is 12.2. The molecule has 0 N–H and O–H groups in total. The summed E-state index contributed by atoms with van der Waals surface area (Å²) in [6.07, 6.45) is 5.68. The van der Waals surface area contributed by atoms with E-state index in [4.69, 9.17) is 4.74 Å². The Morgan fingerprint density at radius 3 is 2.83 bits per heavy atom. The van der Waals surface area contributed by atoms with Crippen molar-refractivity contribution in [1.29, 1.82) is 0 Å². The number of rotatable bonds is 2. The molecule has 3 heterocycles. The van der Waals surface area contributed by atoms with Crippen LogP contribution in [0.4, 0.5) is 0 Å². The lowest BCUT2D eigenvalue weighted by molar-refractivity contribution is -0.142. The summed E-state index contributed by atoms with van der Waals surface area (Å²) in [5.41, 5.74) is 0. The molecule has 0 saturated carbocycles. The van der Waals surface area contributed by atoms with Crippen LogP contribution >= 0.6 is 11.3 Å². The Morgan fingerprint density at radius 2 is 2.22 bits per heavy atom. The van der Waals surface area contributed by atoms with Crippen molar-refractivity contribution in [2.24, 2.45) is 0 Å². The molecule has 0 radical (unpaired) electrons. The van der Waals surface area contributed by atoms with Gasteiger partial charge in [-0.2, -0.15) is 0 Å². The summed E-state index contributed by atoms with van der Waals surface area (Å²) in [5.74, 6) is 0.739. The van der Waals surface area contributed by atoms with Gasteiger partial charge in [-0.25, -0.2) is 4.98 Å². The zero-order valence-corrected chi connectivity index (χ0v) is 11.2. The predicted molar refractivity (Wildman–Crippen MR) is 69.6 cm³/mol. The van der Waals surface area contributed by atoms with E-state index in [2.05, 4.69) is 4.98 Å². The van der Waals surface area contributed by atoms with Crippen molar-refractivity contribution in [3.8, 4) is 0 Å². The summed E-state index contributed by atoms with van der Waals surface area (Å²) in [5, 5.41) is 3.25. The van der Waals surface area contributed by atoms with Crippen LogP contribution in [-0.2, 0) is 9.53 Å². The second-order valence-electron chi connectivity index (χ2n) is 4.97. The van der Waals surface area contributed by atoms with Crippen LogP contribution in [0.1, 0.15) is 36.6 Å². The highest BCUT2D eigenvalue weighted by Crippen LogP contribution is 2.30. The molecule has 0 spiro atoms. The number of aromatic nitrogens is 1. The number of nitrogens with zero attached hydrogens (tertiary/aromatic N) is 2. The molecule has 1 aromatic rings. The smallest absolute Gasteiger partial charge is 0.251 e. The van der Waals surface area contributed by atoms with E-state index in [-0.39, 0.29) is 12.0 Å². The van der Waals surface area contributed by atoms with E-state index in [9.17, 15) is 4.79 Å². The number of carbonyl (C=O) groups excluding carboxylic acids is 1. The van der Waals surface area contributed by atoms with Gasteiger partial charge in [0.25, 0.3) is 5.91 Å². The van der Waals surface area contributed by atoms with Crippen molar-refractivity contribution in [1.82, 2.24) is 9.88 Å². The van der Waals surface area contributed by atoms with Gasteiger partial charge in [0.05, 0.1) is 5.01 Å². The molecule has 0 aromatic carbocycles. The summed E-state index contributed by atoms with van der Waals surface area (Å²) >= 11 is 1.73. The molecule has 4 nitrogen and oxygen atoms in total. The number of likely N-dealkylation sites (tertiary alicyclic amines) is 1. The van der Waals surface area contributed by atoms with Crippen LogP contribution in [0.5, 0.6) is 0 Å². The third kappa shape index (κ3) is 2.42. The number of piperidine rings is 1. The Bertz CT molecular complexity index is 393. The molecule has 0 bridgehead atoms. The highest BCUT2D eigenvalue weighted by molar-refractivity contribution is 7.09. The van der Waals surface area contributed by atoms with E-state index in [0.29, 0.717) is 5.92 Å². The van der Waals surface area contributed by atoms with Gasteiger partial charge in [-0.05, 0) is 25.7 Å². The average molecular weight is 266 g/mol. The first-order valence-corrected chi connectivity index (χ1v) is 7.52. The van der Waals surface area contributed by atoms with Crippen molar-refractivity contribution in [2.45, 2.75) is 37.7 Å². The van der Waals surface area contributed by atoms with Gasteiger partial charge in [0.1, 0.15) is 6.10 Å². The molecule has 0 aliphatic carbocycles. The lowest BCUT2D eigenvalue weighted by Crippen LogP contribution is -2.43. The van der Waals surface area contributed by atoms with Crippen LogP contribution in [0.25, 0.3) is 0 Å². The fourth-order valence-corrected chi connectivity index (χ4v) is 3.57. The molecule has 2 aliphatic rings. The van der Waals surface area contributed by atoms with E-state index < -0.39 is 0 Å². The molecule has 2 saturated heterocycles. The van der Waals surface area contributed by atoms with Gasteiger partial charge in [-0.1, -0.05) is 0 Å². The van der Waals surface area contributed by atoms with Crippen LogP contribution in [0.3, 0.4) is 0 Å². The molecule has 1 amide bonds. The fraction of sp³-hybridized carbons (Fsp3) is 0.692. The largest absolute Gasteiger partial charge is 0.368 e. The lowest BCUT2D eigenvalue weighted by atomic mass is 9.97. The van der Waals surface area contributed by atoms with Crippen LogP contribution in [0.2, 0.25) is 0 Å². The summed E-state index contributed by atoms with van der Waals surface area (Å²) < 4.78 is 5.47. The first-order chi connectivity index (χ1) is 8.84. The second kappa shape index (κ2) is 5.36. The molecule has 18 heavy (non-hydrogen) atoms. The molecule has 2 aliphatic heterocycles. The first kappa shape index (κ1) is 12.1.